The smallest absolute Gasteiger partial charge is 0.164 e. The van der Waals surface area contributed by atoms with Crippen LogP contribution in [0.2, 0.25) is 0 Å². The Morgan fingerprint density at radius 3 is 1.10 bits per heavy atom. The van der Waals surface area contributed by atoms with Crippen LogP contribution in [0, 0.1) is 0 Å². The number of furan rings is 1. The molecule has 0 fully saturated rings. The van der Waals surface area contributed by atoms with E-state index in [1.54, 1.807) is 0 Å². The van der Waals surface area contributed by atoms with Gasteiger partial charge >= 0.3 is 0 Å². The minimum Gasteiger partial charge on any atom is -0.456 e. The van der Waals surface area contributed by atoms with Crippen molar-refractivity contribution in [3.8, 4) is 67.5 Å². The molecule has 2 aromatic heterocycles. The fourth-order valence-electron chi connectivity index (χ4n) is 6.37. The monoisotopic (exact) mass is 627 g/mol. The number of benzene rings is 7. The predicted molar refractivity (Wildman–Crippen MR) is 200 cm³/mol. The maximum absolute atomic E-state index is 6.16. The minimum atomic E-state index is 0.624. The predicted octanol–water partition coefficient (Wildman–Crippen LogP) is 11.8. The molecule has 9 rings (SSSR count). The molecule has 0 aliphatic heterocycles. The lowest BCUT2D eigenvalue weighted by Gasteiger charge is -2.10. The lowest BCUT2D eigenvalue weighted by atomic mass is 10.0. The van der Waals surface area contributed by atoms with Crippen molar-refractivity contribution in [3.05, 3.63) is 176 Å². The van der Waals surface area contributed by atoms with E-state index in [0.29, 0.717) is 17.5 Å². The third-order valence-electron chi connectivity index (χ3n) is 8.99. The van der Waals surface area contributed by atoms with Crippen LogP contribution in [0.5, 0.6) is 0 Å². The second kappa shape index (κ2) is 12.2. The van der Waals surface area contributed by atoms with Gasteiger partial charge in [-0.15, -0.1) is 0 Å². The van der Waals surface area contributed by atoms with Crippen molar-refractivity contribution in [1.29, 1.82) is 0 Å². The molecule has 0 unspecified atom stereocenters. The maximum Gasteiger partial charge on any atom is 0.164 e. The maximum atomic E-state index is 6.16. The number of para-hydroxylation sites is 1. The zero-order valence-electron chi connectivity index (χ0n) is 26.5. The third-order valence-corrected chi connectivity index (χ3v) is 8.99. The Morgan fingerprint density at radius 1 is 0.265 bits per heavy atom. The van der Waals surface area contributed by atoms with Gasteiger partial charge in [0.1, 0.15) is 11.2 Å². The lowest BCUT2D eigenvalue weighted by Crippen LogP contribution is -2.00. The molecule has 0 atom stereocenters. The van der Waals surface area contributed by atoms with Gasteiger partial charge in [-0.25, -0.2) is 15.0 Å². The Balaban J connectivity index is 1.09. The molecule has 0 aliphatic rings. The topological polar surface area (TPSA) is 51.8 Å². The van der Waals surface area contributed by atoms with Crippen LogP contribution < -0.4 is 0 Å². The van der Waals surface area contributed by atoms with Gasteiger partial charge in [0, 0.05) is 27.5 Å². The van der Waals surface area contributed by atoms with Crippen LogP contribution in [0.1, 0.15) is 0 Å². The van der Waals surface area contributed by atoms with Crippen LogP contribution in [0.3, 0.4) is 0 Å². The summed E-state index contributed by atoms with van der Waals surface area (Å²) in [5.74, 6) is 1.89. The molecule has 230 valence electrons. The fraction of sp³-hybridized carbons (Fsp3) is 0. The molecule has 0 radical (unpaired) electrons. The highest BCUT2D eigenvalue weighted by atomic mass is 16.3. The van der Waals surface area contributed by atoms with Gasteiger partial charge in [0.15, 0.2) is 17.5 Å². The largest absolute Gasteiger partial charge is 0.456 e. The van der Waals surface area contributed by atoms with Gasteiger partial charge in [-0.3, -0.25) is 0 Å². The molecule has 4 heteroatoms. The van der Waals surface area contributed by atoms with Gasteiger partial charge in [0.2, 0.25) is 0 Å². The van der Waals surface area contributed by atoms with E-state index in [0.717, 1.165) is 60.9 Å². The van der Waals surface area contributed by atoms with E-state index in [2.05, 4.69) is 146 Å². The highest BCUT2D eigenvalue weighted by Crippen LogP contribution is 2.33. The fourth-order valence-corrected chi connectivity index (χ4v) is 6.37. The Bertz CT molecular complexity index is 2460. The zero-order valence-corrected chi connectivity index (χ0v) is 26.5. The average Bonchev–Trinajstić information content (AvgIpc) is 3.57. The summed E-state index contributed by atoms with van der Waals surface area (Å²) < 4.78 is 6.16. The first-order chi connectivity index (χ1) is 24.2. The van der Waals surface area contributed by atoms with Gasteiger partial charge in [-0.1, -0.05) is 158 Å². The molecule has 4 nitrogen and oxygen atoms in total. The number of rotatable bonds is 6. The molecule has 0 N–H and O–H groups in total. The van der Waals surface area contributed by atoms with Gasteiger partial charge in [-0.05, 0) is 51.6 Å². The Labute approximate surface area is 284 Å². The molecule has 0 saturated heterocycles. The zero-order chi connectivity index (χ0) is 32.6. The summed E-state index contributed by atoms with van der Waals surface area (Å²) in [6.45, 7) is 0. The van der Waals surface area contributed by atoms with Crippen molar-refractivity contribution in [1.82, 2.24) is 15.0 Å². The number of hydrogen-bond acceptors (Lipinski definition) is 4. The van der Waals surface area contributed by atoms with Gasteiger partial charge in [0.05, 0.1) is 0 Å². The molecular formula is C45H29N3O. The standard InChI is InChI=1S/C45H29N3O/c1-3-9-30(10-4-1)32-15-21-35(22-16-32)43-46-44(36-23-17-33(18-24-36)31-11-5-2-6-12-31)48-45(47-43)37-25-19-34(20-26-37)38-27-28-40-39-13-7-8-14-41(39)49-42(40)29-38/h1-29H. The van der Waals surface area contributed by atoms with Crippen LogP contribution in [-0.2, 0) is 0 Å². The van der Waals surface area contributed by atoms with Crippen LogP contribution in [0.4, 0.5) is 0 Å². The summed E-state index contributed by atoms with van der Waals surface area (Å²) in [6.07, 6.45) is 0. The molecule has 0 saturated carbocycles. The summed E-state index contributed by atoms with van der Waals surface area (Å²) in [4.78, 5) is 15.0. The first-order valence-corrected chi connectivity index (χ1v) is 16.4. The van der Waals surface area contributed by atoms with E-state index in [1.807, 2.05) is 30.3 Å². The van der Waals surface area contributed by atoms with Crippen LogP contribution in [-0.4, -0.2) is 15.0 Å². The molecule has 9 aromatic rings. The molecule has 0 amide bonds. The summed E-state index contributed by atoms with van der Waals surface area (Å²) in [5, 5.41) is 2.25. The van der Waals surface area contributed by atoms with E-state index >= 15 is 0 Å². The first-order valence-electron chi connectivity index (χ1n) is 16.4. The second-order valence-electron chi connectivity index (χ2n) is 12.1. The summed E-state index contributed by atoms with van der Waals surface area (Å²) in [7, 11) is 0. The number of fused-ring (bicyclic) bond motifs is 3. The molecule has 7 aromatic carbocycles. The Morgan fingerprint density at radius 2 is 0.612 bits per heavy atom. The van der Waals surface area contributed by atoms with Crippen molar-refractivity contribution < 1.29 is 4.42 Å². The van der Waals surface area contributed by atoms with Crippen molar-refractivity contribution in [2.24, 2.45) is 0 Å². The Kier molecular flexibility index (Phi) is 7.10. The SMILES string of the molecule is c1ccc(-c2ccc(-c3nc(-c4ccc(-c5ccccc5)cc4)nc(-c4ccc(-c5ccc6c(c5)oc5ccccc56)cc4)n3)cc2)cc1. The van der Waals surface area contributed by atoms with Crippen molar-refractivity contribution >= 4 is 21.9 Å². The van der Waals surface area contributed by atoms with Gasteiger partial charge in [0.25, 0.3) is 0 Å². The minimum absolute atomic E-state index is 0.624. The van der Waals surface area contributed by atoms with E-state index in [9.17, 15) is 0 Å². The van der Waals surface area contributed by atoms with Crippen LogP contribution in [0.25, 0.3) is 89.5 Å². The number of nitrogens with zero attached hydrogens (tertiary/aromatic N) is 3. The van der Waals surface area contributed by atoms with E-state index in [-0.39, 0.29) is 0 Å². The summed E-state index contributed by atoms with van der Waals surface area (Å²) in [6, 6.07) is 60.5. The highest BCUT2D eigenvalue weighted by Gasteiger charge is 2.14. The van der Waals surface area contributed by atoms with E-state index < -0.39 is 0 Å². The quantitative estimate of drug-likeness (QED) is 0.184. The van der Waals surface area contributed by atoms with Crippen molar-refractivity contribution in [2.45, 2.75) is 0 Å². The van der Waals surface area contributed by atoms with Crippen molar-refractivity contribution in [3.63, 3.8) is 0 Å². The van der Waals surface area contributed by atoms with E-state index in [4.69, 9.17) is 19.4 Å². The molecular weight excluding hydrogens is 599 g/mol. The number of hydrogen-bond donors (Lipinski definition) is 0. The normalized spacial score (nSPS) is 11.3. The third kappa shape index (κ3) is 5.56. The van der Waals surface area contributed by atoms with Crippen LogP contribution >= 0.6 is 0 Å². The van der Waals surface area contributed by atoms with Crippen LogP contribution in [0.15, 0.2) is 180 Å². The highest BCUT2D eigenvalue weighted by molar-refractivity contribution is 6.05. The van der Waals surface area contributed by atoms with Gasteiger partial charge in [-0.2, -0.15) is 0 Å². The lowest BCUT2D eigenvalue weighted by molar-refractivity contribution is 0.669. The van der Waals surface area contributed by atoms with Crippen molar-refractivity contribution in [2.75, 3.05) is 0 Å². The van der Waals surface area contributed by atoms with E-state index in [1.165, 1.54) is 11.1 Å². The molecule has 0 spiro atoms. The summed E-state index contributed by atoms with van der Waals surface area (Å²) >= 11 is 0. The molecule has 49 heavy (non-hydrogen) atoms. The Hall–Kier alpha value is -6.65. The molecule has 2 heterocycles. The second-order valence-corrected chi connectivity index (χ2v) is 12.1. The number of aromatic nitrogens is 3. The molecule has 0 aliphatic carbocycles. The summed E-state index contributed by atoms with van der Waals surface area (Å²) in [5.41, 5.74) is 11.4. The average molecular weight is 628 g/mol. The molecule has 0 bridgehead atoms. The first kappa shape index (κ1) is 28.6. The van der Waals surface area contributed by atoms with Gasteiger partial charge < -0.3 is 4.42 Å².